The lowest BCUT2D eigenvalue weighted by Gasteiger charge is -2.19. The van der Waals surface area contributed by atoms with Crippen molar-refractivity contribution in [3.8, 4) is 0 Å². The number of benzene rings is 1. The Bertz CT molecular complexity index is 895. The van der Waals surface area contributed by atoms with E-state index in [1.807, 2.05) is 24.3 Å². The van der Waals surface area contributed by atoms with Gasteiger partial charge < -0.3 is 10.2 Å². The van der Waals surface area contributed by atoms with E-state index < -0.39 is 15.9 Å². The molecule has 0 unspecified atom stereocenters. The molecule has 3 rings (SSSR count). The monoisotopic (exact) mass is 391 g/mol. The molecule has 0 atom stereocenters. The standard InChI is InChI=1S/C18H25N5O3S/c1-13-18(14(2)21-20-13)27(25,26)22(3)12-17(24)19-15-6-8-16(9-7-15)23-10-4-5-11-23/h6-9H,4-5,10-12H2,1-3H3,(H,19,24)(H,20,21). The minimum absolute atomic E-state index is 0.118. The van der Waals surface area contributed by atoms with E-state index in [4.69, 9.17) is 0 Å². The quantitative estimate of drug-likeness (QED) is 0.783. The first-order chi connectivity index (χ1) is 12.8. The van der Waals surface area contributed by atoms with Gasteiger partial charge in [0.05, 0.1) is 17.9 Å². The Balaban J connectivity index is 1.63. The minimum atomic E-state index is -3.79. The first-order valence-corrected chi connectivity index (χ1v) is 10.4. The van der Waals surface area contributed by atoms with Crippen molar-refractivity contribution in [2.24, 2.45) is 0 Å². The number of H-pyrrole nitrogens is 1. The molecule has 2 aromatic rings. The second-order valence-corrected chi connectivity index (χ2v) is 8.80. The zero-order chi connectivity index (χ0) is 19.6. The van der Waals surface area contributed by atoms with E-state index in [9.17, 15) is 13.2 Å². The van der Waals surface area contributed by atoms with Gasteiger partial charge in [-0.2, -0.15) is 9.40 Å². The van der Waals surface area contributed by atoms with Gasteiger partial charge in [-0.3, -0.25) is 9.89 Å². The molecule has 1 aliphatic heterocycles. The highest BCUT2D eigenvalue weighted by Gasteiger charge is 2.28. The summed E-state index contributed by atoms with van der Waals surface area (Å²) in [6.07, 6.45) is 2.41. The van der Waals surface area contributed by atoms with E-state index in [1.54, 1.807) is 13.8 Å². The van der Waals surface area contributed by atoms with Crippen LogP contribution in [-0.4, -0.2) is 55.5 Å². The van der Waals surface area contributed by atoms with Crippen LogP contribution in [0.3, 0.4) is 0 Å². The second-order valence-electron chi connectivity index (χ2n) is 6.81. The van der Waals surface area contributed by atoms with Gasteiger partial charge in [0.2, 0.25) is 15.9 Å². The van der Waals surface area contributed by atoms with Crippen LogP contribution in [0.1, 0.15) is 24.2 Å². The third-order valence-corrected chi connectivity index (χ3v) is 6.78. The van der Waals surface area contributed by atoms with Gasteiger partial charge >= 0.3 is 0 Å². The summed E-state index contributed by atoms with van der Waals surface area (Å²) in [4.78, 5) is 14.7. The van der Waals surface area contributed by atoms with Gasteiger partial charge in [0, 0.05) is 31.5 Å². The molecule has 0 bridgehead atoms. The smallest absolute Gasteiger partial charge is 0.246 e. The molecule has 1 amide bonds. The number of carbonyl (C=O) groups excluding carboxylic acids is 1. The van der Waals surface area contributed by atoms with E-state index in [1.165, 1.54) is 19.9 Å². The molecule has 2 N–H and O–H groups in total. The first-order valence-electron chi connectivity index (χ1n) is 8.92. The molecule has 0 radical (unpaired) electrons. The maximum atomic E-state index is 12.7. The summed E-state index contributed by atoms with van der Waals surface area (Å²) < 4.78 is 26.4. The number of amides is 1. The number of nitrogens with zero attached hydrogens (tertiary/aromatic N) is 3. The molecule has 9 heteroatoms. The van der Waals surface area contributed by atoms with Crippen molar-refractivity contribution in [2.45, 2.75) is 31.6 Å². The summed E-state index contributed by atoms with van der Waals surface area (Å²) in [7, 11) is -2.40. The Morgan fingerprint density at radius 3 is 2.41 bits per heavy atom. The summed E-state index contributed by atoms with van der Waals surface area (Å²) in [6, 6.07) is 7.62. The molecule has 0 aliphatic carbocycles. The molecular weight excluding hydrogens is 366 g/mol. The summed E-state index contributed by atoms with van der Waals surface area (Å²) >= 11 is 0. The number of hydrogen-bond donors (Lipinski definition) is 2. The topological polar surface area (TPSA) is 98.4 Å². The summed E-state index contributed by atoms with van der Waals surface area (Å²) in [6.45, 7) is 5.09. The average Bonchev–Trinajstić information content (AvgIpc) is 3.25. The predicted octanol–water partition coefficient (Wildman–Crippen LogP) is 1.89. The Morgan fingerprint density at radius 2 is 1.85 bits per heavy atom. The number of likely N-dealkylation sites (N-methyl/N-ethyl adjacent to an activating group) is 1. The van der Waals surface area contributed by atoms with Crippen LogP contribution >= 0.6 is 0 Å². The van der Waals surface area contributed by atoms with E-state index in [0.29, 0.717) is 17.1 Å². The number of aromatic amines is 1. The number of aromatic nitrogens is 2. The highest BCUT2D eigenvalue weighted by atomic mass is 32.2. The number of nitrogens with one attached hydrogen (secondary N) is 2. The molecular formula is C18H25N5O3S. The van der Waals surface area contributed by atoms with Crippen molar-refractivity contribution in [2.75, 3.05) is 36.9 Å². The van der Waals surface area contributed by atoms with Crippen LogP contribution in [0.15, 0.2) is 29.2 Å². The Hall–Kier alpha value is -2.39. The Kier molecular flexibility index (Phi) is 5.52. The zero-order valence-corrected chi connectivity index (χ0v) is 16.6. The fourth-order valence-corrected chi connectivity index (χ4v) is 4.75. The van der Waals surface area contributed by atoms with Crippen molar-refractivity contribution < 1.29 is 13.2 Å². The molecule has 0 spiro atoms. The van der Waals surface area contributed by atoms with Crippen LogP contribution in [0.25, 0.3) is 0 Å². The maximum Gasteiger partial charge on any atom is 0.246 e. The molecule has 1 fully saturated rings. The Morgan fingerprint density at radius 1 is 1.22 bits per heavy atom. The highest BCUT2D eigenvalue weighted by Crippen LogP contribution is 2.23. The fraction of sp³-hybridized carbons (Fsp3) is 0.444. The van der Waals surface area contributed by atoms with Gasteiger partial charge in [-0.1, -0.05) is 0 Å². The number of carbonyl (C=O) groups is 1. The van der Waals surface area contributed by atoms with Gasteiger partial charge in [-0.15, -0.1) is 0 Å². The number of rotatable bonds is 6. The van der Waals surface area contributed by atoms with E-state index in [0.717, 1.165) is 23.1 Å². The molecule has 2 heterocycles. The molecule has 27 heavy (non-hydrogen) atoms. The lowest BCUT2D eigenvalue weighted by Crippen LogP contribution is -2.35. The SMILES string of the molecule is Cc1n[nH]c(C)c1S(=O)(=O)N(C)CC(=O)Nc1ccc(N2CCCC2)cc1. The predicted molar refractivity (Wildman–Crippen MR) is 104 cm³/mol. The van der Waals surface area contributed by atoms with E-state index >= 15 is 0 Å². The summed E-state index contributed by atoms with van der Waals surface area (Å²) in [5.41, 5.74) is 2.62. The van der Waals surface area contributed by atoms with Gasteiger partial charge in [0.15, 0.2) is 0 Å². The number of hydrogen-bond acceptors (Lipinski definition) is 5. The number of aryl methyl sites for hydroxylation is 2. The van der Waals surface area contributed by atoms with Gasteiger partial charge in [-0.05, 0) is 51.0 Å². The minimum Gasteiger partial charge on any atom is -0.372 e. The lowest BCUT2D eigenvalue weighted by molar-refractivity contribution is -0.116. The van der Waals surface area contributed by atoms with Crippen LogP contribution in [0.2, 0.25) is 0 Å². The molecule has 146 valence electrons. The van der Waals surface area contributed by atoms with Gasteiger partial charge in [0.25, 0.3) is 0 Å². The number of sulfonamides is 1. The normalized spacial score (nSPS) is 14.7. The lowest BCUT2D eigenvalue weighted by atomic mass is 10.2. The molecule has 1 aromatic carbocycles. The van der Waals surface area contributed by atoms with Gasteiger partial charge in [0.1, 0.15) is 4.90 Å². The molecule has 0 saturated carbocycles. The van der Waals surface area contributed by atoms with Crippen LogP contribution in [-0.2, 0) is 14.8 Å². The largest absolute Gasteiger partial charge is 0.372 e. The van der Waals surface area contributed by atoms with Gasteiger partial charge in [-0.25, -0.2) is 8.42 Å². The van der Waals surface area contributed by atoms with Crippen molar-refractivity contribution in [3.05, 3.63) is 35.7 Å². The highest BCUT2D eigenvalue weighted by molar-refractivity contribution is 7.89. The van der Waals surface area contributed by atoms with E-state index in [2.05, 4.69) is 20.4 Å². The van der Waals surface area contributed by atoms with Crippen LogP contribution in [0.5, 0.6) is 0 Å². The molecule has 8 nitrogen and oxygen atoms in total. The van der Waals surface area contributed by atoms with Crippen molar-refractivity contribution in [1.82, 2.24) is 14.5 Å². The Labute approximate surface area is 159 Å². The van der Waals surface area contributed by atoms with Crippen molar-refractivity contribution in [1.29, 1.82) is 0 Å². The van der Waals surface area contributed by atoms with E-state index in [-0.39, 0.29) is 11.4 Å². The first kappa shape index (κ1) is 19.4. The molecule has 1 aromatic heterocycles. The summed E-state index contributed by atoms with van der Waals surface area (Å²) in [5, 5.41) is 9.33. The molecule has 1 aliphatic rings. The molecule has 1 saturated heterocycles. The maximum absolute atomic E-state index is 12.7. The third-order valence-electron chi connectivity index (χ3n) is 4.72. The van der Waals surface area contributed by atoms with Crippen LogP contribution in [0, 0.1) is 13.8 Å². The van der Waals surface area contributed by atoms with Crippen molar-refractivity contribution in [3.63, 3.8) is 0 Å². The van der Waals surface area contributed by atoms with Crippen LogP contribution < -0.4 is 10.2 Å². The number of anilines is 2. The zero-order valence-electron chi connectivity index (χ0n) is 15.8. The second kappa shape index (κ2) is 7.69. The van der Waals surface area contributed by atoms with Crippen LogP contribution in [0.4, 0.5) is 11.4 Å². The fourth-order valence-electron chi connectivity index (χ4n) is 3.30. The third kappa shape index (κ3) is 4.14. The summed E-state index contributed by atoms with van der Waals surface area (Å²) in [5.74, 6) is -0.395. The average molecular weight is 391 g/mol. The van der Waals surface area contributed by atoms with Crippen molar-refractivity contribution >= 4 is 27.3 Å².